The van der Waals surface area contributed by atoms with Gasteiger partial charge in [-0.05, 0) is 43.7 Å². The topological polar surface area (TPSA) is 82.1 Å². The molecule has 2 aromatic heterocycles. The second-order valence-corrected chi connectivity index (χ2v) is 10.7. The smallest absolute Gasteiger partial charge is 0.158 e. The first-order chi connectivity index (χ1) is 19.6. The number of pyridine rings is 1. The predicted molar refractivity (Wildman–Crippen MR) is 153 cm³/mol. The van der Waals surface area contributed by atoms with Crippen molar-refractivity contribution in [3.05, 3.63) is 60.4 Å². The van der Waals surface area contributed by atoms with Crippen LogP contribution < -0.4 is 20.0 Å². The number of piperazine rings is 1. The molecule has 0 amide bonds. The van der Waals surface area contributed by atoms with Crippen molar-refractivity contribution >= 4 is 23.0 Å². The second-order valence-electron chi connectivity index (χ2n) is 10.7. The predicted octanol–water partition coefficient (Wildman–Crippen LogP) is 3.86. The minimum Gasteiger partial charge on any atom is -0.494 e. The first-order valence-electron chi connectivity index (χ1n) is 14.0. The quantitative estimate of drug-likeness (QED) is 0.470. The van der Waals surface area contributed by atoms with Gasteiger partial charge in [-0.25, -0.2) is 19.4 Å². The Hall–Kier alpha value is -3.54. The minimum atomic E-state index is -0.371. The van der Waals surface area contributed by atoms with Crippen molar-refractivity contribution in [1.29, 1.82) is 0 Å². The van der Waals surface area contributed by atoms with Gasteiger partial charge in [0.05, 0.1) is 31.6 Å². The maximum absolute atomic E-state index is 13.8. The lowest BCUT2D eigenvalue weighted by Gasteiger charge is -2.42. The minimum absolute atomic E-state index is 0.180. The molecular weight excluding hydrogens is 511 g/mol. The van der Waals surface area contributed by atoms with Gasteiger partial charge < -0.3 is 19.9 Å². The van der Waals surface area contributed by atoms with Crippen LogP contribution in [0.15, 0.2) is 49.1 Å². The van der Waals surface area contributed by atoms with E-state index in [0.29, 0.717) is 30.7 Å². The van der Waals surface area contributed by atoms with E-state index in [9.17, 15) is 4.39 Å². The molecule has 0 bridgehead atoms. The fraction of sp³-hybridized carbons (Fsp3) is 0.483. The number of benzene rings is 1. The summed E-state index contributed by atoms with van der Waals surface area (Å²) in [5, 5.41) is 5.08. The molecule has 3 fully saturated rings. The van der Waals surface area contributed by atoms with Gasteiger partial charge in [-0.3, -0.25) is 14.7 Å². The van der Waals surface area contributed by atoms with Gasteiger partial charge in [0.25, 0.3) is 0 Å². The third kappa shape index (κ3) is 5.81. The molecule has 3 aliphatic rings. The largest absolute Gasteiger partial charge is 0.494 e. The van der Waals surface area contributed by atoms with Crippen molar-refractivity contribution in [3.8, 4) is 5.75 Å². The van der Waals surface area contributed by atoms with E-state index >= 15 is 0 Å². The first kappa shape index (κ1) is 26.7. The van der Waals surface area contributed by atoms with Crippen LogP contribution in [0.4, 0.5) is 27.4 Å². The molecule has 5 heterocycles. The van der Waals surface area contributed by atoms with Gasteiger partial charge in [0.1, 0.15) is 23.7 Å². The molecule has 3 aromatic rings. The molecule has 0 aliphatic carbocycles. The Balaban J connectivity index is 1.12. The van der Waals surface area contributed by atoms with E-state index < -0.39 is 0 Å². The lowest BCUT2D eigenvalue weighted by atomic mass is 10.0. The van der Waals surface area contributed by atoms with Gasteiger partial charge in [0, 0.05) is 75.7 Å². The van der Waals surface area contributed by atoms with Gasteiger partial charge in [-0.15, -0.1) is 0 Å². The highest BCUT2D eigenvalue weighted by molar-refractivity contribution is 5.70. The van der Waals surface area contributed by atoms with Crippen LogP contribution in [0.3, 0.4) is 0 Å². The van der Waals surface area contributed by atoms with Crippen molar-refractivity contribution in [2.24, 2.45) is 0 Å². The highest BCUT2D eigenvalue weighted by atomic mass is 19.1. The Morgan fingerprint density at radius 3 is 2.58 bits per heavy atom. The molecule has 3 saturated heterocycles. The van der Waals surface area contributed by atoms with E-state index in [-0.39, 0.29) is 11.9 Å². The third-order valence-corrected chi connectivity index (χ3v) is 8.23. The van der Waals surface area contributed by atoms with E-state index in [0.717, 1.165) is 43.2 Å². The number of aromatic nitrogens is 3. The summed E-state index contributed by atoms with van der Waals surface area (Å²) in [6.07, 6.45) is 7.43. The van der Waals surface area contributed by atoms with Crippen LogP contribution in [0.2, 0.25) is 0 Å². The zero-order valence-electron chi connectivity index (χ0n) is 23.2. The lowest BCUT2D eigenvalue weighted by molar-refractivity contribution is 0.0982. The van der Waals surface area contributed by atoms with Crippen LogP contribution in [-0.4, -0.2) is 90.8 Å². The van der Waals surface area contributed by atoms with Gasteiger partial charge in [0.15, 0.2) is 5.82 Å². The Kier molecular flexibility index (Phi) is 7.94. The monoisotopic (exact) mass is 548 g/mol. The van der Waals surface area contributed by atoms with Crippen LogP contribution in [0.25, 0.3) is 0 Å². The molecular formula is C29H37FN8O2. The van der Waals surface area contributed by atoms with Crippen molar-refractivity contribution in [1.82, 2.24) is 24.8 Å². The number of ether oxygens (including phenoxy) is 1. The van der Waals surface area contributed by atoms with E-state index in [1.54, 1.807) is 18.4 Å². The molecule has 1 aromatic carbocycles. The van der Waals surface area contributed by atoms with Crippen LogP contribution in [-0.2, 0) is 4.84 Å². The fourth-order valence-corrected chi connectivity index (χ4v) is 5.94. The van der Waals surface area contributed by atoms with E-state index in [4.69, 9.17) is 9.57 Å². The summed E-state index contributed by atoms with van der Waals surface area (Å²) in [5.41, 5.74) is 2.73. The van der Waals surface area contributed by atoms with Gasteiger partial charge in [-0.1, -0.05) is 0 Å². The summed E-state index contributed by atoms with van der Waals surface area (Å²) in [4.78, 5) is 26.2. The molecule has 1 atom stereocenters. The van der Waals surface area contributed by atoms with Crippen LogP contribution >= 0.6 is 0 Å². The van der Waals surface area contributed by atoms with Crippen molar-refractivity contribution in [2.45, 2.75) is 31.3 Å². The highest BCUT2D eigenvalue weighted by Crippen LogP contribution is 2.36. The molecule has 0 spiro atoms. The zero-order valence-corrected chi connectivity index (χ0v) is 23.2. The number of anilines is 4. The second kappa shape index (κ2) is 11.9. The number of likely N-dealkylation sites (N-methyl/N-ethyl adjacent to an activating group) is 1. The number of nitrogens with one attached hydrogen (secondary N) is 1. The summed E-state index contributed by atoms with van der Waals surface area (Å²) in [7, 11) is 3.89. The molecule has 11 heteroatoms. The molecule has 0 saturated carbocycles. The van der Waals surface area contributed by atoms with Crippen molar-refractivity contribution in [2.75, 3.05) is 75.3 Å². The summed E-state index contributed by atoms with van der Waals surface area (Å²) in [6, 6.07) is 10.1. The van der Waals surface area contributed by atoms with E-state index in [2.05, 4.69) is 54.1 Å². The maximum atomic E-state index is 13.8. The SMILES string of the molecule is COc1cc(N2CCC(N3CCN(C)CC3)CC2)ccc1Nc1cc(N2OCC[C@@H]2c2cncc(F)c2)ncn1. The van der Waals surface area contributed by atoms with Crippen LogP contribution in [0.5, 0.6) is 5.75 Å². The molecule has 1 N–H and O–H groups in total. The summed E-state index contributed by atoms with van der Waals surface area (Å²) in [5.74, 6) is 1.57. The van der Waals surface area contributed by atoms with Gasteiger partial charge in [0.2, 0.25) is 0 Å². The Bertz CT molecular complexity index is 1300. The fourth-order valence-electron chi connectivity index (χ4n) is 5.94. The Labute approximate surface area is 234 Å². The van der Waals surface area contributed by atoms with Gasteiger partial charge in [-0.2, -0.15) is 0 Å². The number of halogens is 1. The van der Waals surface area contributed by atoms with Crippen LogP contribution in [0, 0.1) is 5.82 Å². The van der Waals surface area contributed by atoms with Gasteiger partial charge >= 0.3 is 0 Å². The number of hydrogen-bond acceptors (Lipinski definition) is 10. The molecule has 6 rings (SSSR count). The Morgan fingerprint density at radius 1 is 0.975 bits per heavy atom. The zero-order chi connectivity index (χ0) is 27.5. The number of hydrogen-bond donors (Lipinski definition) is 1. The van der Waals surface area contributed by atoms with E-state index in [1.165, 1.54) is 50.2 Å². The summed E-state index contributed by atoms with van der Waals surface area (Å²) in [6.45, 7) is 7.26. The average Bonchev–Trinajstić information content (AvgIpc) is 3.48. The number of piperidine rings is 1. The third-order valence-electron chi connectivity index (χ3n) is 8.23. The highest BCUT2D eigenvalue weighted by Gasteiger charge is 2.30. The van der Waals surface area contributed by atoms with Crippen LogP contribution in [0.1, 0.15) is 30.9 Å². The number of nitrogens with zero attached hydrogens (tertiary/aromatic N) is 7. The molecule has 40 heavy (non-hydrogen) atoms. The first-order valence-corrected chi connectivity index (χ1v) is 14.0. The van der Waals surface area contributed by atoms with E-state index in [1.807, 2.05) is 12.1 Å². The maximum Gasteiger partial charge on any atom is 0.158 e. The molecule has 0 radical (unpaired) electrons. The normalized spacial score (nSPS) is 21.1. The average molecular weight is 549 g/mol. The summed E-state index contributed by atoms with van der Waals surface area (Å²) >= 11 is 0. The number of methoxy groups -OCH3 is 1. The van der Waals surface area contributed by atoms with Crippen molar-refractivity contribution < 1.29 is 14.0 Å². The Morgan fingerprint density at radius 2 is 1.80 bits per heavy atom. The van der Waals surface area contributed by atoms with Crippen molar-refractivity contribution in [3.63, 3.8) is 0 Å². The molecule has 212 valence electrons. The standard InChI is InChI=1S/C29H37FN8O2/c1-35-10-12-37(13-11-35)23-5-8-36(9-6-23)24-3-4-25(27(16-24)39-2)34-28-17-29(33-20-32-28)38-26(7-14-40-38)21-15-22(30)19-31-18-21/h3-4,15-20,23,26H,5-14H2,1-2H3,(H,32,33,34)/t26-/m1/s1. The number of rotatable bonds is 7. The molecule has 10 nitrogen and oxygen atoms in total. The molecule has 3 aliphatic heterocycles. The lowest BCUT2D eigenvalue weighted by Crippen LogP contribution is -2.52. The number of hydroxylamine groups is 1. The summed E-state index contributed by atoms with van der Waals surface area (Å²) < 4.78 is 19.6. The molecule has 0 unspecified atom stereocenters.